The Morgan fingerprint density at radius 2 is 1.50 bits per heavy atom. The summed E-state index contributed by atoms with van der Waals surface area (Å²) in [6.07, 6.45) is 0. The Hall–Kier alpha value is -3.36. The molecule has 0 bridgehead atoms. The maximum atomic E-state index is 12.5. The topological polar surface area (TPSA) is 111 Å². The molecule has 1 saturated heterocycles. The van der Waals surface area contributed by atoms with Crippen LogP contribution in [0.15, 0.2) is 35.5 Å². The predicted molar refractivity (Wildman–Crippen MR) is 80.1 cm³/mol. The molecule has 9 heteroatoms. The SMILES string of the molecule is COC(=O)C(C(=O)OC)=C1NC(=O)N(c2ccc(OC)cc2)C1=O. The first kappa shape index (κ1) is 17.0. The lowest BCUT2D eigenvalue weighted by molar-refractivity contribution is -0.144. The highest BCUT2D eigenvalue weighted by molar-refractivity contribution is 6.31. The number of anilines is 1. The molecule has 24 heavy (non-hydrogen) atoms. The number of ether oxygens (including phenoxy) is 3. The average molecular weight is 334 g/mol. The van der Waals surface area contributed by atoms with Crippen LogP contribution in [-0.2, 0) is 23.9 Å². The Bertz CT molecular complexity index is 719. The van der Waals surface area contributed by atoms with Crippen LogP contribution in [0.3, 0.4) is 0 Å². The minimum absolute atomic E-state index is 0.238. The molecule has 126 valence electrons. The first-order chi connectivity index (χ1) is 11.4. The van der Waals surface area contributed by atoms with E-state index >= 15 is 0 Å². The normalized spacial score (nSPS) is 13.5. The van der Waals surface area contributed by atoms with Gasteiger partial charge in [-0.3, -0.25) is 4.79 Å². The molecule has 9 nitrogen and oxygen atoms in total. The van der Waals surface area contributed by atoms with Crippen molar-refractivity contribution in [3.05, 3.63) is 35.5 Å². The van der Waals surface area contributed by atoms with E-state index in [-0.39, 0.29) is 5.69 Å². The maximum Gasteiger partial charge on any atom is 0.347 e. The Balaban J connectivity index is 2.47. The molecule has 0 atom stereocenters. The van der Waals surface area contributed by atoms with Crippen molar-refractivity contribution < 1.29 is 33.4 Å². The number of carbonyl (C=O) groups excluding carboxylic acids is 4. The fourth-order valence-corrected chi connectivity index (χ4v) is 2.05. The molecular weight excluding hydrogens is 320 g/mol. The molecule has 1 aromatic carbocycles. The molecule has 0 aromatic heterocycles. The van der Waals surface area contributed by atoms with Crippen molar-refractivity contribution in [3.63, 3.8) is 0 Å². The largest absolute Gasteiger partial charge is 0.497 e. The molecule has 1 aromatic rings. The third-order valence-corrected chi connectivity index (χ3v) is 3.21. The number of amides is 3. The van der Waals surface area contributed by atoms with Gasteiger partial charge in [0.2, 0.25) is 0 Å². The standard InChI is InChI=1S/C15H14N2O7/c1-22-9-6-4-8(5-7-9)17-12(18)11(16-15(17)21)10(13(19)23-2)14(20)24-3/h4-7H,1-3H3,(H,16,21). The lowest BCUT2D eigenvalue weighted by Crippen LogP contribution is -2.30. The number of benzene rings is 1. The summed E-state index contributed by atoms with van der Waals surface area (Å²) in [6.45, 7) is 0. The summed E-state index contributed by atoms with van der Waals surface area (Å²) in [7, 11) is 3.55. The van der Waals surface area contributed by atoms with E-state index in [2.05, 4.69) is 14.8 Å². The molecule has 2 rings (SSSR count). The van der Waals surface area contributed by atoms with E-state index in [4.69, 9.17) is 4.74 Å². The van der Waals surface area contributed by atoms with Crippen LogP contribution in [0.1, 0.15) is 0 Å². The van der Waals surface area contributed by atoms with Gasteiger partial charge in [0.1, 0.15) is 11.4 Å². The van der Waals surface area contributed by atoms with Crippen LogP contribution in [0.2, 0.25) is 0 Å². The van der Waals surface area contributed by atoms with Crippen molar-refractivity contribution in [2.45, 2.75) is 0 Å². The van der Waals surface area contributed by atoms with Gasteiger partial charge in [0.25, 0.3) is 5.91 Å². The Kier molecular flexibility index (Phi) is 4.83. The van der Waals surface area contributed by atoms with Gasteiger partial charge in [-0.05, 0) is 24.3 Å². The zero-order valence-electron chi connectivity index (χ0n) is 13.1. The molecule has 0 radical (unpaired) electrons. The number of nitrogens with zero attached hydrogens (tertiary/aromatic N) is 1. The van der Waals surface area contributed by atoms with E-state index in [9.17, 15) is 19.2 Å². The van der Waals surface area contributed by atoms with Crippen LogP contribution in [-0.4, -0.2) is 45.2 Å². The van der Waals surface area contributed by atoms with Gasteiger partial charge in [0.15, 0.2) is 5.57 Å². The Morgan fingerprint density at radius 1 is 0.958 bits per heavy atom. The summed E-state index contributed by atoms with van der Waals surface area (Å²) in [5.74, 6) is -2.54. The highest BCUT2D eigenvalue weighted by atomic mass is 16.5. The summed E-state index contributed by atoms with van der Waals surface area (Å²) < 4.78 is 13.9. The first-order valence-corrected chi connectivity index (χ1v) is 6.65. The summed E-state index contributed by atoms with van der Waals surface area (Å²) in [5.41, 5.74) is -0.953. The van der Waals surface area contributed by atoms with Crippen molar-refractivity contribution >= 4 is 29.6 Å². The van der Waals surface area contributed by atoms with Crippen LogP contribution in [0, 0.1) is 0 Å². The van der Waals surface area contributed by atoms with Crippen LogP contribution in [0.4, 0.5) is 10.5 Å². The van der Waals surface area contributed by atoms with E-state index in [0.717, 1.165) is 19.1 Å². The number of methoxy groups -OCH3 is 3. The summed E-state index contributed by atoms with van der Waals surface area (Å²) in [6, 6.07) is 5.26. The number of imide groups is 1. The van der Waals surface area contributed by atoms with Crippen molar-refractivity contribution in [2.75, 3.05) is 26.2 Å². The van der Waals surface area contributed by atoms with E-state index in [0.29, 0.717) is 5.75 Å². The molecule has 0 spiro atoms. The van der Waals surface area contributed by atoms with Crippen molar-refractivity contribution in [3.8, 4) is 5.75 Å². The molecule has 1 aliphatic heterocycles. The van der Waals surface area contributed by atoms with Crippen molar-refractivity contribution in [2.24, 2.45) is 0 Å². The van der Waals surface area contributed by atoms with E-state index in [1.807, 2.05) is 0 Å². The van der Waals surface area contributed by atoms with Gasteiger partial charge in [-0.25, -0.2) is 19.3 Å². The van der Waals surface area contributed by atoms with Crippen LogP contribution in [0.5, 0.6) is 5.75 Å². The molecule has 3 amide bonds. The summed E-state index contributed by atoms with van der Waals surface area (Å²) >= 11 is 0. The van der Waals surface area contributed by atoms with Gasteiger partial charge in [0.05, 0.1) is 27.0 Å². The van der Waals surface area contributed by atoms with Crippen molar-refractivity contribution in [1.29, 1.82) is 0 Å². The molecule has 1 aliphatic rings. The third-order valence-electron chi connectivity index (χ3n) is 3.21. The lowest BCUT2D eigenvalue weighted by Gasteiger charge is -2.12. The number of hydrogen-bond donors (Lipinski definition) is 1. The highest BCUT2D eigenvalue weighted by Crippen LogP contribution is 2.25. The second-order valence-corrected chi connectivity index (χ2v) is 4.50. The van der Waals surface area contributed by atoms with E-state index in [1.54, 1.807) is 12.1 Å². The minimum atomic E-state index is -1.10. The second-order valence-electron chi connectivity index (χ2n) is 4.50. The van der Waals surface area contributed by atoms with Gasteiger partial charge >= 0.3 is 18.0 Å². The number of nitrogens with one attached hydrogen (secondary N) is 1. The second kappa shape index (κ2) is 6.82. The monoisotopic (exact) mass is 334 g/mol. The van der Waals surface area contributed by atoms with Crippen LogP contribution >= 0.6 is 0 Å². The van der Waals surface area contributed by atoms with E-state index in [1.165, 1.54) is 19.2 Å². The lowest BCUT2D eigenvalue weighted by atomic mass is 10.2. The molecule has 1 heterocycles. The van der Waals surface area contributed by atoms with Gasteiger partial charge in [-0.1, -0.05) is 0 Å². The van der Waals surface area contributed by atoms with Gasteiger partial charge in [-0.2, -0.15) is 0 Å². The van der Waals surface area contributed by atoms with Crippen LogP contribution < -0.4 is 15.0 Å². The molecule has 0 unspecified atom stereocenters. The Labute approximate surface area is 136 Å². The smallest absolute Gasteiger partial charge is 0.347 e. The zero-order chi connectivity index (χ0) is 17.9. The fourth-order valence-electron chi connectivity index (χ4n) is 2.05. The minimum Gasteiger partial charge on any atom is -0.497 e. The average Bonchev–Trinajstić information content (AvgIpc) is 2.89. The van der Waals surface area contributed by atoms with Crippen LogP contribution in [0.25, 0.3) is 0 Å². The number of esters is 2. The zero-order valence-corrected chi connectivity index (χ0v) is 13.1. The fraction of sp³-hybridized carbons (Fsp3) is 0.200. The number of carbonyl (C=O) groups is 4. The molecule has 1 fully saturated rings. The first-order valence-electron chi connectivity index (χ1n) is 6.65. The Morgan fingerprint density at radius 3 is 1.96 bits per heavy atom. The predicted octanol–water partition coefficient (Wildman–Crippen LogP) is 0.351. The summed E-state index contributed by atoms with van der Waals surface area (Å²) in [4.78, 5) is 48.9. The van der Waals surface area contributed by atoms with Crippen molar-refractivity contribution in [1.82, 2.24) is 5.32 Å². The molecular formula is C15H14N2O7. The van der Waals surface area contributed by atoms with Gasteiger partial charge < -0.3 is 19.5 Å². The maximum absolute atomic E-state index is 12.5. The molecule has 0 aliphatic carbocycles. The van der Waals surface area contributed by atoms with Gasteiger partial charge in [-0.15, -0.1) is 0 Å². The third kappa shape index (κ3) is 2.91. The molecule has 0 saturated carbocycles. The number of hydrogen-bond acceptors (Lipinski definition) is 7. The quantitative estimate of drug-likeness (QED) is 0.278. The molecule has 1 N–H and O–H groups in total. The summed E-state index contributed by atoms with van der Waals surface area (Å²) in [5, 5.41) is 2.20. The number of rotatable bonds is 4. The van der Waals surface area contributed by atoms with Gasteiger partial charge in [0, 0.05) is 0 Å². The highest BCUT2D eigenvalue weighted by Gasteiger charge is 2.41. The number of urea groups is 1. The van der Waals surface area contributed by atoms with E-state index < -0.39 is 35.1 Å².